The number of fused-ring (bicyclic) bond motifs is 1. The van der Waals surface area contributed by atoms with Crippen LogP contribution in [0.15, 0.2) is 10.7 Å². The Morgan fingerprint density at radius 1 is 1.21 bits per heavy atom. The third-order valence-corrected chi connectivity index (χ3v) is 3.58. The highest BCUT2D eigenvalue weighted by Crippen LogP contribution is 2.27. The van der Waals surface area contributed by atoms with E-state index in [0.29, 0.717) is 5.71 Å². The third-order valence-electron chi connectivity index (χ3n) is 3.58. The summed E-state index contributed by atoms with van der Waals surface area (Å²) in [6, 6.07) is 0. The van der Waals surface area contributed by atoms with Crippen LogP contribution in [-0.2, 0) is 0 Å². The van der Waals surface area contributed by atoms with E-state index < -0.39 is 0 Å². The van der Waals surface area contributed by atoms with Crippen molar-refractivity contribution in [2.45, 2.75) is 27.7 Å². The molecule has 5 nitrogen and oxygen atoms in total. The Balaban J connectivity index is 2.12. The molecule has 2 heterocycles. The van der Waals surface area contributed by atoms with Crippen molar-refractivity contribution in [3.63, 3.8) is 0 Å². The Hall–Kier alpha value is -1.62. The monoisotopic (exact) mass is 262 g/mol. The lowest BCUT2D eigenvalue weighted by molar-refractivity contribution is 0.316. The largest absolute Gasteiger partial charge is 0.443 e. The molecule has 0 radical (unpaired) electrons. The van der Waals surface area contributed by atoms with E-state index in [2.05, 4.69) is 34.0 Å². The van der Waals surface area contributed by atoms with Gasteiger partial charge in [-0.05, 0) is 26.9 Å². The van der Waals surface area contributed by atoms with Gasteiger partial charge in [0.25, 0.3) is 0 Å². The fourth-order valence-corrected chi connectivity index (χ4v) is 2.19. The summed E-state index contributed by atoms with van der Waals surface area (Å²) in [5.41, 5.74) is 1.77. The zero-order chi connectivity index (χ0) is 13.8. The molecular formula is C14H22N4O. The van der Waals surface area contributed by atoms with E-state index in [4.69, 9.17) is 4.42 Å². The fraction of sp³-hybridized carbons (Fsp3) is 0.571. The molecule has 1 N–H and O–H groups in total. The molecule has 2 aromatic rings. The van der Waals surface area contributed by atoms with E-state index in [1.165, 1.54) is 0 Å². The summed E-state index contributed by atoms with van der Waals surface area (Å²) in [7, 11) is 0. The van der Waals surface area contributed by atoms with E-state index >= 15 is 0 Å². The van der Waals surface area contributed by atoms with E-state index in [-0.39, 0.29) is 0 Å². The fourth-order valence-electron chi connectivity index (χ4n) is 2.19. The number of hydrogen-bond donors (Lipinski definition) is 1. The minimum absolute atomic E-state index is 0.662. The Kier molecular flexibility index (Phi) is 4.37. The molecule has 0 aromatic carbocycles. The van der Waals surface area contributed by atoms with Crippen LogP contribution in [0.2, 0.25) is 0 Å². The molecular weight excluding hydrogens is 240 g/mol. The summed E-state index contributed by atoms with van der Waals surface area (Å²) < 4.78 is 5.61. The number of aromatic nitrogens is 2. The van der Waals surface area contributed by atoms with E-state index in [0.717, 1.165) is 48.7 Å². The van der Waals surface area contributed by atoms with Crippen LogP contribution in [-0.4, -0.2) is 41.0 Å². The summed E-state index contributed by atoms with van der Waals surface area (Å²) in [5, 5.41) is 4.39. The minimum atomic E-state index is 0.662. The van der Waals surface area contributed by atoms with Crippen LogP contribution in [0, 0.1) is 13.8 Å². The van der Waals surface area contributed by atoms with E-state index in [1.54, 1.807) is 6.33 Å². The standard InChI is InChI=1S/C14H22N4O/c1-5-18(6-2)8-7-15-13-12-10(3)11(4)19-14(12)17-9-16-13/h9H,5-8H2,1-4H3,(H,15,16,17). The number of rotatable bonds is 6. The predicted molar refractivity (Wildman–Crippen MR) is 77.6 cm³/mol. The minimum Gasteiger partial charge on any atom is -0.443 e. The maximum atomic E-state index is 5.61. The first-order valence-electron chi connectivity index (χ1n) is 6.84. The molecule has 0 saturated heterocycles. The maximum Gasteiger partial charge on any atom is 0.231 e. The Bertz CT molecular complexity index is 546. The first kappa shape index (κ1) is 13.8. The van der Waals surface area contributed by atoms with Gasteiger partial charge >= 0.3 is 0 Å². The summed E-state index contributed by atoms with van der Waals surface area (Å²) in [5.74, 6) is 1.77. The number of likely N-dealkylation sites (N-methyl/N-ethyl adjacent to an activating group) is 1. The van der Waals surface area contributed by atoms with Gasteiger partial charge in [-0.15, -0.1) is 0 Å². The lowest BCUT2D eigenvalue weighted by Crippen LogP contribution is -2.28. The van der Waals surface area contributed by atoms with Gasteiger partial charge in [-0.25, -0.2) is 9.97 Å². The average molecular weight is 262 g/mol. The second-order valence-corrected chi connectivity index (χ2v) is 4.64. The molecule has 2 rings (SSSR count). The lowest BCUT2D eigenvalue weighted by atomic mass is 10.2. The van der Waals surface area contributed by atoms with E-state index in [1.807, 2.05) is 13.8 Å². The highest BCUT2D eigenvalue weighted by Gasteiger charge is 2.13. The predicted octanol–water partition coefficient (Wildman–Crippen LogP) is 2.59. The van der Waals surface area contributed by atoms with Crippen LogP contribution in [0.4, 0.5) is 5.82 Å². The topological polar surface area (TPSA) is 54.2 Å². The van der Waals surface area contributed by atoms with Crippen molar-refractivity contribution in [2.24, 2.45) is 0 Å². The van der Waals surface area contributed by atoms with Crippen molar-refractivity contribution in [1.82, 2.24) is 14.9 Å². The number of anilines is 1. The maximum absolute atomic E-state index is 5.61. The molecule has 0 saturated carbocycles. The number of furan rings is 1. The van der Waals surface area contributed by atoms with Gasteiger partial charge in [0.2, 0.25) is 5.71 Å². The van der Waals surface area contributed by atoms with Gasteiger partial charge in [-0.1, -0.05) is 13.8 Å². The van der Waals surface area contributed by atoms with Gasteiger partial charge < -0.3 is 14.6 Å². The van der Waals surface area contributed by atoms with Gasteiger partial charge in [0.15, 0.2) is 0 Å². The Morgan fingerprint density at radius 2 is 1.95 bits per heavy atom. The zero-order valence-corrected chi connectivity index (χ0v) is 12.2. The average Bonchev–Trinajstić information content (AvgIpc) is 2.71. The molecule has 0 aliphatic carbocycles. The number of hydrogen-bond acceptors (Lipinski definition) is 5. The summed E-state index contributed by atoms with van der Waals surface area (Å²) in [6.45, 7) is 12.4. The molecule has 0 amide bonds. The molecule has 0 unspecified atom stereocenters. The van der Waals surface area contributed by atoms with Gasteiger partial charge in [-0.3, -0.25) is 0 Å². The molecule has 0 aliphatic heterocycles. The van der Waals surface area contributed by atoms with Crippen molar-refractivity contribution in [3.05, 3.63) is 17.7 Å². The van der Waals surface area contributed by atoms with Crippen LogP contribution < -0.4 is 5.32 Å². The lowest BCUT2D eigenvalue weighted by Gasteiger charge is -2.18. The quantitative estimate of drug-likeness (QED) is 0.867. The van der Waals surface area contributed by atoms with Crippen molar-refractivity contribution >= 4 is 16.9 Å². The third kappa shape index (κ3) is 2.87. The van der Waals surface area contributed by atoms with Gasteiger partial charge in [0.1, 0.15) is 17.9 Å². The zero-order valence-electron chi connectivity index (χ0n) is 12.2. The van der Waals surface area contributed by atoms with Gasteiger partial charge in [-0.2, -0.15) is 0 Å². The normalized spacial score (nSPS) is 11.4. The van der Waals surface area contributed by atoms with Crippen molar-refractivity contribution in [2.75, 3.05) is 31.5 Å². The molecule has 2 aromatic heterocycles. The van der Waals surface area contributed by atoms with E-state index in [9.17, 15) is 0 Å². The first-order valence-corrected chi connectivity index (χ1v) is 6.84. The van der Waals surface area contributed by atoms with Crippen LogP contribution in [0.3, 0.4) is 0 Å². The smallest absolute Gasteiger partial charge is 0.231 e. The Morgan fingerprint density at radius 3 is 2.63 bits per heavy atom. The van der Waals surface area contributed by atoms with Crippen molar-refractivity contribution in [3.8, 4) is 0 Å². The van der Waals surface area contributed by atoms with Gasteiger partial charge in [0.05, 0.1) is 5.39 Å². The van der Waals surface area contributed by atoms with Crippen LogP contribution in [0.25, 0.3) is 11.1 Å². The van der Waals surface area contributed by atoms with Crippen LogP contribution in [0.1, 0.15) is 25.2 Å². The molecule has 104 valence electrons. The summed E-state index contributed by atoms with van der Waals surface area (Å²) in [6.07, 6.45) is 1.55. The summed E-state index contributed by atoms with van der Waals surface area (Å²) in [4.78, 5) is 10.9. The molecule has 0 bridgehead atoms. The first-order chi connectivity index (χ1) is 9.17. The second kappa shape index (κ2) is 6.02. The molecule has 5 heteroatoms. The van der Waals surface area contributed by atoms with Crippen LogP contribution >= 0.6 is 0 Å². The summed E-state index contributed by atoms with van der Waals surface area (Å²) >= 11 is 0. The van der Waals surface area contributed by atoms with Crippen molar-refractivity contribution in [1.29, 1.82) is 0 Å². The molecule has 0 spiro atoms. The number of nitrogens with one attached hydrogen (secondary N) is 1. The SMILES string of the molecule is CCN(CC)CCNc1ncnc2oc(C)c(C)c12. The Labute approximate surface area is 114 Å². The second-order valence-electron chi connectivity index (χ2n) is 4.64. The van der Waals surface area contributed by atoms with Crippen molar-refractivity contribution < 1.29 is 4.42 Å². The number of nitrogens with zero attached hydrogens (tertiary/aromatic N) is 3. The molecule has 19 heavy (non-hydrogen) atoms. The molecule has 0 fully saturated rings. The highest BCUT2D eigenvalue weighted by molar-refractivity contribution is 5.89. The molecule has 0 aliphatic rings. The molecule has 0 atom stereocenters. The number of aryl methyl sites for hydroxylation is 2. The van der Waals surface area contributed by atoms with Gasteiger partial charge in [0, 0.05) is 18.7 Å². The highest BCUT2D eigenvalue weighted by atomic mass is 16.3. The van der Waals surface area contributed by atoms with Crippen LogP contribution in [0.5, 0.6) is 0 Å².